The number of hydrogen-bond acceptors (Lipinski definition) is 8. The van der Waals surface area contributed by atoms with Crippen LogP contribution in [0.1, 0.15) is 22.9 Å². The van der Waals surface area contributed by atoms with Gasteiger partial charge < -0.3 is 20.9 Å². The van der Waals surface area contributed by atoms with Gasteiger partial charge in [0.25, 0.3) is 5.91 Å². The largest absolute Gasteiger partial charge is 0.367 e. The van der Waals surface area contributed by atoms with E-state index < -0.39 is 25.4 Å². The second-order valence-corrected chi connectivity index (χ2v) is 6.57. The number of urea groups is 1. The lowest BCUT2D eigenvalue weighted by molar-refractivity contribution is 0.0958. The van der Waals surface area contributed by atoms with Crippen LogP contribution in [0.15, 0.2) is 24.5 Å². The summed E-state index contributed by atoms with van der Waals surface area (Å²) in [7, 11) is 4.64. The van der Waals surface area contributed by atoms with E-state index in [0.717, 1.165) is 0 Å². The Morgan fingerprint density at radius 3 is 2.87 bits per heavy atom. The van der Waals surface area contributed by atoms with Crippen molar-refractivity contribution in [3.05, 3.63) is 35.8 Å². The number of nitrogens with zero attached hydrogens (tertiary/aromatic N) is 6. The van der Waals surface area contributed by atoms with Crippen LogP contribution in [0.5, 0.6) is 0 Å². The van der Waals surface area contributed by atoms with Gasteiger partial charge in [0.15, 0.2) is 17.3 Å². The predicted octanol–water partition coefficient (Wildman–Crippen LogP) is 1.08. The van der Waals surface area contributed by atoms with Crippen molar-refractivity contribution in [2.75, 3.05) is 36.6 Å². The molecule has 160 valence electrons. The molecule has 0 bridgehead atoms. The lowest BCUT2D eigenvalue weighted by Gasteiger charge is -2.28. The third-order valence-corrected chi connectivity index (χ3v) is 4.48. The number of fused-ring (bicyclic) bond motifs is 3. The van der Waals surface area contributed by atoms with E-state index in [9.17, 15) is 9.59 Å². The number of pyridine rings is 1. The Morgan fingerprint density at radius 1 is 1.26 bits per heavy atom. The van der Waals surface area contributed by atoms with Gasteiger partial charge >= 0.3 is 6.03 Å². The molecule has 3 amide bonds. The summed E-state index contributed by atoms with van der Waals surface area (Å²) >= 11 is 0. The molecule has 4 N–H and O–H groups in total. The first-order valence-electron chi connectivity index (χ1n) is 11.5. The minimum atomic E-state index is -2.79. The fourth-order valence-electron chi connectivity index (χ4n) is 3.16. The molecular formula is C19H22N10O2. The van der Waals surface area contributed by atoms with Crippen molar-refractivity contribution in [2.45, 2.75) is 6.50 Å². The molecule has 0 aromatic carbocycles. The Morgan fingerprint density at radius 2 is 2.10 bits per heavy atom. The summed E-state index contributed by atoms with van der Waals surface area (Å²) in [6.45, 7) is -4.73. The molecule has 4 heterocycles. The molecule has 1 aliphatic rings. The average Bonchev–Trinajstić information content (AvgIpc) is 3.19. The minimum Gasteiger partial charge on any atom is -0.367 e. The van der Waals surface area contributed by atoms with Crippen LogP contribution in [-0.2, 0) is 13.5 Å². The Hall–Kier alpha value is -4.22. The standard InChI is InChI=1S/C19H22N10O2/c1-20-18(30)15-12(7-13(25-26-15)24-19(31)21-2)23-17-16-11(5-6-22-17)14-10(8-28(16)3)9-29(4)27-14/h5-7,9H,8H2,1-4H3,(H,20,30)(H3,21,22,23,24,25,31)/i1D3,8D2. The maximum Gasteiger partial charge on any atom is 0.320 e. The van der Waals surface area contributed by atoms with E-state index in [4.69, 9.17) is 6.85 Å². The van der Waals surface area contributed by atoms with Crippen LogP contribution in [0.2, 0.25) is 0 Å². The predicted molar refractivity (Wildman–Crippen MR) is 115 cm³/mol. The van der Waals surface area contributed by atoms with Crippen molar-refractivity contribution in [3.8, 4) is 11.3 Å². The van der Waals surface area contributed by atoms with Gasteiger partial charge in [-0.2, -0.15) is 5.10 Å². The van der Waals surface area contributed by atoms with E-state index in [-0.39, 0.29) is 23.0 Å². The second kappa shape index (κ2) is 7.89. The molecule has 1 aliphatic heterocycles. The summed E-state index contributed by atoms with van der Waals surface area (Å²) in [5, 5.41) is 21.5. The molecule has 12 heteroatoms. The summed E-state index contributed by atoms with van der Waals surface area (Å²) in [6.07, 6.45) is 3.08. The fraction of sp³-hybridized carbons (Fsp3) is 0.263. The molecule has 0 radical (unpaired) electrons. The first kappa shape index (κ1) is 14.7. The maximum atomic E-state index is 12.7. The molecule has 0 saturated heterocycles. The smallest absolute Gasteiger partial charge is 0.320 e. The molecule has 0 spiro atoms. The quantitative estimate of drug-likeness (QED) is 0.484. The number of rotatable bonds is 4. The highest BCUT2D eigenvalue weighted by atomic mass is 16.2. The van der Waals surface area contributed by atoms with E-state index in [0.29, 0.717) is 22.5 Å². The molecule has 0 saturated carbocycles. The molecule has 0 aliphatic carbocycles. The van der Waals surface area contributed by atoms with E-state index in [1.54, 1.807) is 26.4 Å². The number of hydrogen-bond donors (Lipinski definition) is 4. The highest BCUT2D eigenvalue weighted by Gasteiger charge is 2.27. The summed E-state index contributed by atoms with van der Waals surface area (Å²) in [5.74, 6) is -0.947. The van der Waals surface area contributed by atoms with Gasteiger partial charge in [-0.25, -0.2) is 9.78 Å². The first-order valence-corrected chi connectivity index (χ1v) is 9.05. The topological polar surface area (TPSA) is 142 Å². The van der Waals surface area contributed by atoms with E-state index >= 15 is 0 Å². The van der Waals surface area contributed by atoms with Crippen molar-refractivity contribution < 1.29 is 16.4 Å². The van der Waals surface area contributed by atoms with Gasteiger partial charge in [-0.05, 0) is 6.07 Å². The minimum absolute atomic E-state index is 0.0279. The summed E-state index contributed by atoms with van der Waals surface area (Å²) in [6, 6.07) is 2.37. The van der Waals surface area contributed by atoms with Gasteiger partial charge in [-0.15, -0.1) is 10.2 Å². The van der Waals surface area contributed by atoms with Crippen molar-refractivity contribution in [2.24, 2.45) is 7.05 Å². The summed E-state index contributed by atoms with van der Waals surface area (Å²) in [5.41, 5.74) is 1.31. The first-order chi connectivity index (χ1) is 16.8. The zero-order chi connectivity index (χ0) is 26.4. The van der Waals surface area contributed by atoms with Crippen LogP contribution in [0.4, 0.5) is 27.8 Å². The molecule has 12 nitrogen and oxygen atoms in total. The van der Waals surface area contributed by atoms with Crippen molar-refractivity contribution in [1.82, 2.24) is 35.6 Å². The number of aryl methyl sites for hydroxylation is 1. The molecule has 0 atom stereocenters. The Kier molecular flexibility index (Phi) is 3.75. The van der Waals surface area contributed by atoms with Crippen molar-refractivity contribution in [1.29, 1.82) is 0 Å². The highest BCUT2D eigenvalue weighted by molar-refractivity contribution is 6.00. The zero-order valence-electron chi connectivity index (χ0n) is 21.8. The van der Waals surface area contributed by atoms with Gasteiger partial charge in [0.05, 0.1) is 19.8 Å². The van der Waals surface area contributed by atoms with E-state index in [1.807, 2.05) is 5.32 Å². The Balaban J connectivity index is 1.83. The average molecular weight is 427 g/mol. The number of nitrogens with one attached hydrogen (secondary N) is 4. The molecule has 31 heavy (non-hydrogen) atoms. The molecular weight excluding hydrogens is 400 g/mol. The maximum absolute atomic E-state index is 12.7. The van der Waals surface area contributed by atoms with Crippen molar-refractivity contribution in [3.63, 3.8) is 0 Å². The lowest BCUT2D eigenvalue weighted by atomic mass is 10.0. The van der Waals surface area contributed by atoms with E-state index in [2.05, 4.69) is 36.2 Å². The highest BCUT2D eigenvalue weighted by Crippen LogP contribution is 2.42. The summed E-state index contributed by atoms with van der Waals surface area (Å²) in [4.78, 5) is 30.1. The zero-order valence-corrected chi connectivity index (χ0v) is 16.8. The number of anilines is 4. The second-order valence-electron chi connectivity index (χ2n) is 6.57. The lowest BCUT2D eigenvalue weighted by Crippen LogP contribution is -2.26. The monoisotopic (exact) mass is 427 g/mol. The molecule has 0 fully saturated rings. The van der Waals surface area contributed by atoms with Crippen LogP contribution in [0.25, 0.3) is 11.3 Å². The number of carbonyl (C=O) groups excluding carboxylic acids is 2. The molecule has 3 aromatic rings. The van der Waals surface area contributed by atoms with Crippen LogP contribution in [0.3, 0.4) is 0 Å². The Bertz CT molecular complexity index is 1360. The third-order valence-electron chi connectivity index (χ3n) is 4.48. The van der Waals surface area contributed by atoms with Gasteiger partial charge in [-0.3, -0.25) is 14.8 Å². The normalized spacial score (nSPS) is 16.4. The van der Waals surface area contributed by atoms with Gasteiger partial charge in [0, 0.05) is 68.3 Å². The Labute approximate surface area is 185 Å². The number of carbonyl (C=O) groups is 2. The van der Waals surface area contributed by atoms with E-state index in [1.165, 1.54) is 28.9 Å². The van der Waals surface area contributed by atoms with Gasteiger partial charge in [-0.1, -0.05) is 0 Å². The number of amides is 3. The molecule has 3 aromatic heterocycles. The molecule has 4 rings (SSSR count). The van der Waals surface area contributed by atoms with Gasteiger partial charge in [0.1, 0.15) is 0 Å². The summed E-state index contributed by atoms with van der Waals surface area (Å²) < 4.78 is 40.8. The van der Waals surface area contributed by atoms with Crippen molar-refractivity contribution >= 4 is 34.9 Å². The van der Waals surface area contributed by atoms with Crippen LogP contribution >= 0.6 is 0 Å². The van der Waals surface area contributed by atoms with Crippen LogP contribution in [0, 0.1) is 0 Å². The SMILES string of the molecule is [2H]C([2H])([2H])NC(=O)c1nnc(NC(=O)NC)cc1Nc1nccc2c1N(C)C([2H])([2H])c1cn(C)nc1-2. The van der Waals surface area contributed by atoms with Gasteiger partial charge in [0.2, 0.25) is 0 Å². The fourth-order valence-corrected chi connectivity index (χ4v) is 3.16. The van der Waals surface area contributed by atoms with Crippen LogP contribution < -0.4 is 26.2 Å². The number of aromatic nitrogens is 5. The third kappa shape index (κ3) is 3.70. The molecule has 0 unspecified atom stereocenters. The van der Waals surface area contributed by atoms with Crippen LogP contribution in [-0.4, -0.2) is 58.0 Å².